The van der Waals surface area contributed by atoms with Crippen LogP contribution in [0.15, 0.2) is 65.6 Å². The van der Waals surface area contributed by atoms with Crippen LogP contribution in [0.25, 0.3) is 0 Å². The van der Waals surface area contributed by atoms with Gasteiger partial charge < -0.3 is 14.2 Å². The third-order valence-corrected chi connectivity index (χ3v) is 8.59. The molecule has 37 heavy (non-hydrogen) atoms. The van der Waals surface area contributed by atoms with E-state index >= 15 is 0 Å². The van der Waals surface area contributed by atoms with Crippen LogP contribution in [0.3, 0.4) is 0 Å². The average Bonchev–Trinajstić information content (AvgIpc) is 2.92. The zero-order valence-electron chi connectivity index (χ0n) is 20.4. The fraction of sp³-hybridized carbons (Fsp3) is 0.240. The van der Waals surface area contributed by atoms with Crippen LogP contribution in [-0.4, -0.2) is 51.0 Å². The lowest BCUT2D eigenvalue weighted by atomic mass is 10.0. The molecule has 4 rings (SSSR count). The lowest BCUT2D eigenvalue weighted by molar-refractivity contribution is 0.0596. The third kappa shape index (κ3) is 4.99. The van der Waals surface area contributed by atoms with Crippen LogP contribution in [0.1, 0.15) is 22.3 Å². The van der Waals surface area contributed by atoms with Crippen LogP contribution in [0.4, 0.5) is 17.1 Å². The number of aryl methyl sites for hydroxylation is 1. The summed E-state index contributed by atoms with van der Waals surface area (Å²) in [7, 11) is -0.0898. The van der Waals surface area contributed by atoms with Crippen molar-refractivity contribution in [2.24, 2.45) is 0 Å². The molecule has 0 aliphatic carbocycles. The Labute approximate surface area is 217 Å². The molecule has 196 valence electrons. The van der Waals surface area contributed by atoms with E-state index in [1.54, 1.807) is 42.5 Å². The summed E-state index contributed by atoms with van der Waals surface area (Å²) in [5.41, 5.74) is 1.53. The van der Waals surface area contributed by atoms with Gasteiger partial charge in [-0.05, 0) is 54.8 Å². The number of sulfonamides is 1. The molecule has 1 heterocycles. The number of nitrogens with zero attached hydrogens (tertiary/aromatic N) is 2. The van der Waals surface area contributed by atoms with Gasteiger partial charge in [-0.1, -0.05) is 18.2 Å². The number of anilines is 3. The lowest BCUT2D eigenvalue weighted by Crippen LogP contribution is -2.36. The zero-order chi connectivity index (χ0) is 26.7. The van der Waals surface area contributed by atoms with Crippen LogP contribution in [0.5, 0.6) is 11.5 Å². The number of rotatable bonds is 8. The Morgan fingerprint density at radius 2 is 1.78 bits per heavy atom. The molecule has 10 nitrogen and oxygen atoms in total. The van der Waals surface area contributed by atoms with Gasteiger partial charge in [0.2, 0.25) is 0 Å². The Kier molecular flexibility index (Phi) is 7.71. The van der Waals surface area contributed by atoms with E-state index in [1.807, 2.05) is 0 Å². The minimum absolute atomic E-state index is 0.0764. The molecule has 1 aliphatic heterocycles. The van der Waals surface area contributed by atoms with Crippen LogP contribution < -0.4 is 18.1 Å². The number of hydrogen-bond donors (Lipinski definition) is 1. The first kappa shape index (κ1) is 26.5. The molecule has 0 radical (unpaired) electrons. The van der Waals surface area contributed by atoms with Crippen LogP contribution >= 0.6 is 0 Å². The van der Waals surface area contributed by atoms with Crippen molar-refractivity contribution in [3.8, 4) is 11.5 Å². The second-order valence-corrected chi connectivity index (χ2v) is 10.7. The first-order valence-corrected chi connectivity index (χ1v) is 13.7. The summed E-state index contributed by atoms with van der Waals surface area (Å²) in [4.78, 5) is 12.1. The van der Waals surface area contributed by atoms with Gasteiger partial charge in [-0.3, -0.25) is 8.86 Å². The predicted molar refractivity (Wildman–Crippen MR) is 140 cm³/mol. The van der Waals surface area contributed by atoms with E-state index in [0.29, 0.717) is 30.0 Å². The molecule has 3 aromatic carbocycles. The number of hydrogen-bond acceptors (Lipinski definition) is 7. The molecule has 0 spiro atoms. The van der Waals surface area contributed by atoms with Gasteiger partial charge in [0.05, 0.1) is 38.3 Å². The van der Waals surface area contributed by atoms with E-state index in [2.05, 4.69) is 0 Å². The molecule has 1 N–H and O–H groups in total. The molecule has 1 atom stereocenters. The Morgan fingerprint density at radius 3 is 2.46 bits per heavy atom. The highest BCUT2D eigenvalue weighted by molar-refractivity contribution is 7.93. The van der Waals surface area contributed by atoms with E-state index in [-0.39, 0.29) is 28.4 Å². The molecule has 0 bridgehead atoms. The standard InChI is InChI=1S/C25H26N2O8S2/c1-33-19-12-13-23(34-2)22(16-19)27(36(29)30)18-11-10-17-7-6-14-26(21(17)15-18)37(31,32)24-9-5-4-8-20(24)25(28)35-3/h4-5,8-13,15-16H,6-7,14H2,1-3H3,(H,29,30). The predicted octanol–water partition coefficient (Wildman–Crippen LogP) is 3.91. The van der Waals surface area contributed by atoms with Crippen molar-refractivity contribution >= 4 is 44.3 Å². The Hall–Kier alpha value is -3.61. The van der Waals surface area contributed by atoms with Crippen LogP contribution in [0, 0.1) is 0 Å². The second-order valence-electron chi connectivity index (χ2n) is 8.04. The number of fused-ring (bicyclic) bond motifs is 1. The molecule has 0 saturated carbocycles. The molecular formula is C25H26N2O8S2. The van der Waals surface area contributed by atoms with Crippen molar-refractivity contribution in [1.82, 2.24) is 0 Å². The SMILES string of the molecule is COC(=O)c1ccccc1S(=O)(=O)N1CCCc2ccc(N(c3cc(OC)ccc3OC)S(=O)O)cc21. The molecule has 0 aromatic heterocycles. The van der Waals surface area contributed by atoms with Crippen LogP contribution in [0.2, 0.25) is 0 Å². The lowest BCUT2D eigenvalue weighted by Gasteiger charge is -2.32. The Morgan fingerprint density at radius 1 is 1.03 bits per heavy atom. The highest BCUT2D eigenvalue weighted by Gasteiger charge is 2.33. The zero-order valence-corrected chi connectivity index (χ0v) is 22.0. The van der Waals surface area contributed by atoms with Gasteiger partial charge in [0, 0.05) is 12.6 Å². The fourth-order valence-electron chi connectivity index (χ4n) is 4.26. The normalized spacial score (nSPS) is 13.9. The quantitative estimate of drug-likeness (QED) is 0.333. The molecule has 0 fully saturated rings. The van der Waals surface area contributed by atoms with Gasteiger partial charge in [0.25, 0.3) is 21.3 Å². The second kappa shape index (κ2) is 10.8. The average molecular weight is 547 g/mol. The van der Waals surface area contributed by atoms with E-state index in [4.69, 9.17) is 14.2 Å². The minimum atomic E-state index is -4.18. The summed E-state index contributed by atoms with van der Waals surface area (Å²) in [6.45, 7) is 0.166. The molecule has 3 aromatic rings. The van der Waals surface area contributed by atoms with Gasteiger partial charge in [-0.25, -0.2) is 21.7 Å². The van der Waals surface area contributed by atoms with Gasteiger partial charge >= 0.3 is 5.97 Å². The van der Waals surface area contributed by atoms with Gasteiger partial charge in [0.1, 0.15) is 22.1 Å². The van der Waals surface area contributed by atoms with Crippen molar-refractivity contribution in [2.75, 3.05) is 36.5 Å². The summed E-state index contributed by atoms with van der Waals surface area (Å²) in [6, 6.07) is 15.6. The van der Waals surface area contributed by atoms with Gasteiger partial charge in [0.15, 0.2) is 0 Å². The van der Waals surface area contributed by atoms with Crippen molar-refractivity contribution in [1.29, 1.82) is 0 Å². The van der Waals surface area contributed by atoms with E-state index in [1.165, 1.54) is 43.8 Å². The summed E-state index contributed by atoms with van der Waals surface area (Å²) >= 11 is -2.54. The maximum absolute atomic E-state index is 13.8. The van der Waals surface area contributed by atoms with Crippen LogP contribution in [-0.2, 0) is 32.4 Å². The number of benzene rings is 3. The highest BCUT2D eigenvalue weighted by atomic mass is 32.2. The van der Waals surface area contributed by atoms with Crippen molar-refractivity contribution in [2.45, 2.75) is 17.7 Å². The highest BCUT2D eigenvalue weighted by Crippen LogP contribution is 2.41. The molecule has 0 saturated heterocycles. The largest absolute Gasteiger partial charge is 0.497 e. The van der Waals surface area contributed by atoms with E-state index in [9.17, 15) is 22.0 Å². The van der Waals surface area contributed by atoms with Gasteiger partial charge in [-0.15, -0.1) is 0 Å². The number of esters is 1. The first-order chi connectivity index (χ1) is 17.7. The Balaban J connectivity index is 1.86. The number of carbonyl (C=O) groups is 1. The van der Waals surface area contributed by atoms with E-state index in [0.717, 1.165) is 9.87 Å². The first-order valence-electron chi connectivity index (χ1n) is 11.2. The summed E-state index contributed by atoms with van der Waals surface area (Å²) < 4.78 is 68.2. The number of ether oxygens (including phenoxy) is 3. The minimum Gasteiger partial charge on any atom is -0.497 e. The monoisotopic (exact) mass is 546 g/mol. The summed E-state index contributed by atoms with van der Waals surface area (Å²) in [5, 5.41) is 0. The Bertz CT molecular complexity index is 1460. The maximum Gasteiger partial charge on any atom is 0.339 e. The number of carbonyl (C=O) groups excluding carboxylic acids is 1. The fourth-order valence-corrected chi connectivity index (χ4v) is 6.58. The molecule has 1 aliphatic rings. The smallest absolute Gasteiger partial charge is 0.339 e. The van der Waals surface area contributed by atoms with Crippen molar-refractivity contribution in [3.63, 3.8) is 0 Å². The van der Waals surface area contributed by atoms with Crippen molar-refractivity contribution < 1.29 is 36.2 Å². The van der Waals surface area contributed by atoms with Crippen molar-refractivity contribution in [3.05, 3.63) is 71.8 Å². The molecule has 12 heteroatoms. The maximum atomic E-state index is 13.8. The molecule has 1 unspecified atom stereocenters. The third-order valence-electron chi connectivity index (χ3n) is 6.00. The number of methoxy groups -OCH3 is 3. The molecule has 0 amide bonds. The van der Waals surface area contributed by atoms with E-state index < -0.39 is 27.3 Å². The topological polar surface area (TPSA) is 123 Å². The summed E-state index contributed by atoms with van der Waals surface area (Å²) in [5.74, 6) is -0.0117. The summed E-state index contributed by atoms with van der Waals surface area (Å²) in [6.07, 6.45) is 1.18. The van der Waals surface area contributed by atoms with Gasteiger partial charge in [-0.2, -0.15) is 0 Å². The molecular weight excluding hydrogens is 520 g/mol.